The number of carbonyl (C=O) groups excluding carboxylic acids is 1. The van der Waals surface area contributed by atoms with Gasteiger partial charge < -0.3 is 9.84 Å². The molecule has 0 aliphatic carbocycles. The van der Waals surface area contributed by atoms with Crippen LogP contribution in [0.2, 0.25) is 5.02 Å². The Morgan fingerprint density at radius 2 is 1.92 bits per heavy atom. The topological polar surface area (TPSA) is 68.0 Å². The molecule has 0 saturated carbocycles. The summed E-state index contributed by atoms with van der Waals surface area (Å²) in [6, 6.07) is 6.95. The fourth-order valence-electron chi connectivity index (χ4n) is 2.47. The molecule has 1 aromatic carbocycles. The Morgan fingerprint density at radius 3 is 2.48 bits per heavy atom. The number of hydrogen-bond donors (Lipinski definition) is 1. The third-order valence-corrected chi connectivity index (χ3v) is 4.28. The molecular weight excluding hydrogens is 338 g/mol. The van der Waals surface area contributed by atoms with Crippen LogP contribution in [0.15, 0.2) is 28.8 Å². The van der Waals surface area contributed by atoms with Gasteiger partial charge in [-0.3, -0.25) is 4.79 Å². The molecule has 0 saturated heterocycles. The van der Waals surface area contributed by atoms with Crippen LogP contribution < -0.4 is 5.32 Å². The molecule has 0 unspecified atom stereocenters. The van der Waals surface area contributed by atoms with Crippen LogP contribution in [0.1, 0.15) is 59.4 Å². The molecule has 136 valence electrons. The molecule has 1 N–H and O–H groups in total. The minimum absolute atomic E-state index is 0.0101. The zero-order chi connectivity index (χ0) is 18.6. The number of benzene rings is 1. The highest BCUT2D eigenvalue weighted by Crippen LogP contribution is 2.27. The van der Waals surface area contributed by atoms with Crippen molar-refractivity contribution in [2.75, 3.05) is 0 Å². The summed E-state index contributed by atoms with van der Waals surface area (Å²) in [5.74, 6) is 1.10. The monoisotopic (exact) mass is 363 g/mol. The number of carbonyl (C=O) groups is 1. The quantitative estimate of drug-likeness (QED) is 0.781. The van der Waals surface area contributed by atoms with Crippen LogP contribution in [0.4, 0.5) is 0 Å². The number of nitrogens with one attached hydrogen (secondary N) is 1. The molecule has 1 amide bonds. The molecule has 5 nitrogen and oxygen atoms in total. The van der Waals surface area contributed by atoms with Gasteiger partial charge >= 0.3 is 0 Å². The Bertz CT molecular complexity index is 704. The zero-order valence-electron chi connectivity index (χ0n) is 15.5. The first-order chi connectivity index (χ1) is 11.7. The molecule has 1 aromatic heterocycles. The van der Waals surface area contributed by atoms with E-state index in [1.165, 1.54) is 0 Å². The highest BCUT2D eigenvalue weighted by atomic mass is 35.5. The van der Waals surface area contributed by atoms with Crippen molar-refractivity contribution in [2.24, 2.45) is 11.3 Å². The Kier molecular flexibility index (Phi) is 6.22. The van der Waals surface area contributed by atoms with E-state index in [1.54, 1.807) is 12.1 Å². The second kappa shape index (κ2) is 8.00. The zero-order valence-corrected chi connectivity index (χ0v) is 16.2. The lowest BCUT2D eigenvalue weighted by Gasteiger charge is -2.23. The molecule has 0 fully saturated rings. The lowest BCUT2D eigenvalue weighted by atomic mass is 9.91. The molecule has 0 aliphatic heterocycles. The third-order valence-electron chi connectivity index (χ3n) is 4.03. The van der Waals surface area contributed by atoms with Crippen LogP contribution in [-0.4, -0.2) is 16.0 Å². The number of aromatic nitrogens is 2. The van der Waals surface area contributed by atoms with Crippen LogP contribution in [0.5, 0.6) is 0 Å². The van der Waals surface area contributed by atoms with Crippen LogP contribution in [0, 0.1) is 11.3 Å². The van der Waals surface area contributed by atoms with E-state index in [2.05, 4.69) is 29.3 Å². The first-order valence-electron chi connectivity index (χ1n) is 8.58. The summed E-state index contributed by atoms with van der Waals surface area (Å²) in [5.41, 5.74) is 0.747. The molecule has 2 aromatic rings. The standard InChI is InChI=1S/C19H26ClN3O2/c1-6-12(2)16(21-15(24)11-19(3,4)5)18-22-17(23-25-18)13-7-9-14(20)10-8-13/h7-10,12,16H,6,11H2,1-5H3,(H,21,24)/t12-,16+/m1/s1. The number of rotatable bonds is 6. The molecule has 25 heavy (non-hydrogen) atoms. The van der Waals surface area contributed by atoms with Gasteiger partial charge in [-0.15, -0.1) is 0 Å². The smallest absolute Gasteiger partial charge is 0.249 e. The minimum atomic E-state index is -0.298. The molecule has 0 aliphatic rings. The van der Waals surface area contributed by atoms with Crippen LogP contribution in [0.25, 0.3) is 11.4 Å². The number of amides is 1. The molecule has 0 spiro atoms. The van der Waals surface area contributed by atoms with E-state index in [0.29, 0.717) is 23.2 Å². The molecule has 1 heterocycles. The SMILES string of the molecule is CC[C@@H](C)[C@H](NC(=O)CC(C)(C)C)c1nc(-c2ccc(Cl)cc2)no1. The highest BCUT2D eigenvalue weighted by Gasteiger charge is 2.28. The number of hydrogen-bond acceptors (Lipinski definition) is 4. The minimum Gasteiger partial charge on any atom is -0.344 e. The number of halogens is 1. The molecular formula is C19H26ClN3O2. The normalized spacial score (nSPS) is 14.2. The summed E-state index contributed by atoms with van der Waals surface area (Å²) in [7, 11) is 0. The van der Waals surface area contributed by atoms with Crippen molar-refractivity contribution < 1.29 is 9.32 Å². The second-order valence-electron chi connectivity index (χ2n) is 7.63. The van der Waals surface area contributed by atoms with Gasteiger partial charge in [-0.05, 0) is 35.6 Å². The van der Waals surface area contributed by atoms with Gasteiger partial charge in [-0.1, -0.05) is 57.8 Å². The van der Waals surface area contributed by atoms with E-state index < -0.39 is 0 Å². The van der Waals surface area contributed by atoms with Gasteiger partial charge in [0.15, 0.2) is 0 Å². The average molecular weight is 364 g/mol. The summed E-state index contributed by atoms with van der Waals surface area (Å²) < 4.78 is 5.46. The van der Waals surface area contributed by atoms with E-state index in [4.69, 9.17) is 16.1 Å². The van der Waals surface area contributed by atoms with Crippen molar-refractivity contribution in [3.8, 4) is 11.4 Å². The summed E-state index contributed by atoms with van der Waals surface area (Å²) in [6.45, 7) is 10.3. The Labute approximate surface area is 154 Å². The van der Waals surface area contributed by atoms with Crippen molar-refractivity contribution in [1.29, 1.82) is 0 Å². The van der Waals surface area contributed by atoms with Crippen molar-refractivity contribution in [1.82, 2.24) is 15.5 Å². The summed E-state index contributed by atoms with van der Waals surface area (Å²) in [4.78, 5) is 16.9. The maximum Gasteiger partial charge on any atom is 0.249 e. The third kappa shape index (κ3) is 5.56. The largest absolute Gasteiger partial charge is 0.344 e. The molecule has 0 bridgehead atoms. The second-order valence-corrected chi connectivity index (χ2v) is 8.07. The van der Waals surface area contributed by atoms with E-state index in [-0.39, 0.29) is 23.3 Å². The fourth-order valence-corrected chi connectivity index (χ4v) is 2.59. The Morgan fingerprint density at radius 1 is 1.28 bits per heavy atom. The lowest BCUT2D eigenvalue weighted by molar-refractivity contribution is -0.124. The molecule has 6 heteroatoms. The molecule has 2 atom stereocenters. The first-order valence-corrected chi connectivity index (χ1v) is 8.96. The molecule has 2 rings (SSSR count). The predicted octanol–water partition coefficient (Wildman–Crippen LogP) is 5.03. The van der Waals surface area contributed by atoms with Crippen molar-refractivity contribution >= 4 is 17.5 Å². The van der Waals surface area contributed by atoms with Gasteiger partial charge in [-0.25, -0.2) is 0 Å². The van der Waals surface area contributed by atoms with Gasteiger partial charge in [0.05, 0.1) is 0 Å². The van der Waals surface area contributed by atoms with Gasteiger partial charge in [0.25, 0.3) is 0 Å². The Balaban J connectivity index is 2.21. The average Bonchev–Trinajstić information content (AvgIpc) is 3.00. The van der Waals surface area contributed by atoms with Crippen LogP contribution in [-0.2, 0) is 4.79 Å². The molecule has 0 radical (unpaired) electrons. The van der Waals surface area contributed by atoms with Crippen LogP contribution >= 0.6 is 11.6 Å². The van der Waals surface area contributed by atoms with Crippen LogP contribution in [0.3, 0.4) is 0 Å². The first kappa shape index (κ1) is 19.4. The van der Waals surface area contributed by atoms with Gasteiger partial charge in [0.1, 0.15) is 6.04 Å². The number of nitrogens with zero attached hydrogens (tertiary/aromatic N) is 2. The fraction of sp³-hybridized carbons (Fsp3) is 0.526. The summed E-state index contributed by atoms with van der Waals surface area (Å²) in [5, 5.41) is 7.77. The van der Waals surface area contributed by atoms with Crippen molar-refractivity contribution in [3.63, 3.8) is 0 Å². The lowest BCUT2D eigenvalue weighted by Crippen LogP contribution is -2.34. The predicted molar refractivity (Wildman–Crippen MR) is 99.2 cm³/mol. The highest BCUT2D eigenvalue weighted by molar-refractivity contribution is 6.30. The summed E-state index contributed by atoms with van der Waals surface area (Å²) in [6.07, 6.45) is 1.33. The van der Waals surface area contributed by atoms with Gasteiger partial charge in [-0.2, -0.15) is 4.98 Å². The Hall–Kier alpha value is -1.88. The maximum atomic E-state index is 12.4. The van der Waals surface area contributed by atoms with Gasteiger partial charge in [0, 0.05) is 17.0 Å². The maximum absolute atomic E-state index is 12.4. The van der Waals surface area contributed by atoms with E-state index in [9.17, 15) is 4.79 Å². The van der Waals surface area contributed by atoms with Crippen molar-refractivity contribution in [2.45, 2.75) is 53.5 Å². The van der Waals surface area contributed by atoms with Gasteiger partial charge in [0.2, 0.25) is 17.6 Å². The van der Waals surface area contributed by atoms with E-state index in [1.807, 2.05) is 32.9 Å². The van der Waals surface area contributed by atoms with E-state index >= 15 is 0 Å². The van der Waals surface area contributed by atoms with E-state index in [0.717, 1.165) is 12.0 Å². The van der Waals surface area contributed by atoms with Crippen molar-refractivity contribution in [3.05, 3.63) is 35.2 Å². The summed E-state index contributed by atoms with van der Waals surface area (Å²) >= 11 is 5.91.